The summed E-state index contributed by atoms with van der Waals surface area (Å²) in [4.78, 5) is 42.6. The summed E-state index contributed by atoms with van der Waals surface area (Å²) in [6.07, 6.45) is 3.33. The molecule has 2 amide bonds. The Labute approximate surface area is 234 Å². The number of ether oxygens (including phenoxy) is 1. The van der Waals surface area contributed by atoms with Crippen LogP contribution in [0.2, 0.25) is 0 Å². The van der Waals surface area contributed by atoms with Gasteiger partial charge >= 0.3 is 6.09 Å². The zero-order valence-electron chi connectivity index (χ0n) is 23.4. The molecule has 3 aromatic rings. The number of hydrogen-bond donors (Lipinski definition) is 0. The van der Waals surface area contributed by atoms with Gasteiger partial charge in [-0.15, -0.1) is 11.3 Å². The van der Waals surface area contributed by atoms with E-state index in [-0.39, 0.29) is 30.1 Å². The minimum atomic E-state index is -0.504. The van der Waals surface area contributed by atoms with Crippen molar-refractivity contribution in [1.29, 1.82) is 0 Å². The van der Waals surface area contributed by atoms with Crippen LogP contribution < -0.4 is 4.90 Å². The van der Waals surface area contributed by atoms with Gasteiger partial charge in [0.15, 0.2) is 0 Å². The van der Waals surface area contributed by atoms with Crippen molar-refractivity contribution in [2.45, 2.75) is 83.0 Å². The van der Waals surface area contributed by atoms with Gasteiger partial charge in [-0.25, -0.2) is 14.8 Å². The van der Waals surface area contributed by atoms with Crippen LogP contribution in [0.3, 0.4) is 0 Å². The molecule has 0 saturated carbocycles. The van der Waals surface area contributed by atoms with Gasteiger partial charge < -0.3 is 19.4 Å². The van der Waals surface area contributed by atoms with E-state index in [1.54, 1.807) is 11.3 Å². The Morgan fingerprint density at radius 1 is 1.03 bits per heavy atom. The molecule has 2 unspecified atom stereocenters. The number of piperidine rings is 1. The number of anilines is 1. The van der Waals surface area contributed by atoms with Gasteiger partial charge in [-0.1, -0.05) is 12.1 Å². The average Bonchev–Trinajstić information content (AvgIpc) is 3.43. The second-order valence-electron chi connectivity index (χ2n) is 12.3. The molecule has 3 fully saturated rings. The molecular formula is C30H37N5O3S. The Hall–Kier alpha value is -3.20. The molecule has 3 aliphatic heterocycles. The van der Waals surface area contributed by atoms with Gasteiger partial charge in [-0.3, -0.25) is 4.79 Å². The first-order valence-electron chi connectivity index (χ1n) is 13.9. The maximum absolute atomic E-state index is 13.4. The fourth-order valence-electron chi connectivity index (χ4n) is 6.39. The number of fused-ring (bicyclic) bond motifs is 3. The highest BCUT2D eigenvalue weighted by Gasteiger charge is 2.46. The lowest BCUT2D eigenvalue weighted by Crippen LogP contribution is -2.53. The van der Waals surface area contributed by atoms with Crippen LogP contribution in [-0.2, 0) is 4.74 Å². The average molecular weight is 548 g/mol. The number of thiophene rings is 1. The highest BCUT2D eigenvalue weighted by Crippen LogP contribution is 2.39. The zero-order chi connectivity index (χ0) is 27.5. The minimum absolute atomic E-state index is 0.0446. The van der Waals surface area contributed by atoms with E-state index in [1.165, 1.54) is 5.56 Å². The summed E-state index contributed by atoms with van der Waals surface area (Å²) in [6, 6.07) is 10.6. The van der Waals surface area contributed by atoms with Gasteiger partial charge in [-0.05, 0) is 82.5 Å². The molecule has 3 aliphatic rings. The third-order valence-electron chi connectivity index (χ3n) is 8.41. The highest BCUT2D eigenvalue weighted by atomic mass is 32.1. The lowest BCUT2D eigenvalue weighted by molar-refractivity contribution is -0.00112. The highest BCUT2D eigenvalue weighted by molar-refractivity contribution is 7.16. The Balaban J connectivity index is 1.07. The van der Waals surface area contributed by atoms with E-state index in [0.29, 0.717) is 11.5 Å². The fourth-order valence-corrected chi connectivity index (χ4v) is 7.20. The maximum Gasteiger partial charge on any atom is 0.410 e. The molecule has 6 rings (SSSR count). The standard InChI is InChI=1S/C30H37N5O3S/c1-18-31-26(25-12-13-39-27(25)32-18)34-16-21(17-34)19-6-8-20(9-7-19)28(36)33(5)24-14-22-10-11-23(15-24)35(22)29(37)38-30(2,3)4/h6-9,12-13,21-24H,10-11,14-17H2,1-5H3. The number of benzene rings is 1. The molecule has 0 N–H and O–H groups in total. The van der Waals surface area contributed by atoms with Gasteiger partial charge in [0.2, 0.25) is 0 Å². The van der Waals surface area contributed by atoms with Gasteiger partial charge in [-0.2, -0.15) is 0 Å². The lowest BCUT2D eigenvalue weighted by Gasteiger charge is -2.42. The van der Waals surface area contributed by atoms with Gasteiger partial charge in [0.1, 0.15) is 22.1 Å². The van der Waals surface area contributed by atoms with E-state index in [4.69, 9.17) is 9.72 Å². The maximum atomic E-state index is 13.4. The molecule has 0 spiro atoms. The van der Waals surface area contributed by atoms with Crippen LogP contribution in [0.1, 0.15) is 74.1 Å². The molecule has 1 aromatic carbocycles. The summed E-state index contributed by atoms with van der Waals surface area (Å²) < 4.78 is 5.66. The van der Waals surface area contributed by atoms with E-state index in [0.717, 1.165) is 60.6 Å². The summed E-state index contributed by atoms with van der Waals surface area (Å²) in [6.45, 7) is 9.47. The summed E-state index contributed by atoms with van der Waals surface area (Å²) in [5.74, 6) is 2.29. The van der Waals surface area contributed by atoms with Crippen molar-refractivity contribution in [3.05, 3.63) is 52.7 Å². The van der Waals surface area contributed by atoms with Crippen molar-refractivity contribution in [2.24, 2.45) is 0 Å². The second-order valence-corrected chi connectivity index (χ2v) is 13.2. The van der Waals surface area contributed by atoms with Gasteiger partial charge in [0.25, 0.3) is 5.91 Å². The summed E-state index contributed by atoms with van der Waals surface area (Å²) in [5.41, 5.74) is 1.46. The molecule has 3 saturated heterocycles. The Bertz CT molecular complexity index is 1380. The van der Waals surface area contributed by atoms with E-state index in [1.807, 2.05) is 56.7 Å². The first-order valence-corrected chi connectivity index (χ1v) is 14.8. The largest absolute Gasteiger partial charge is 0.444 e. The molecule has 9 heteroatoms. The van der Waals surface area contributed by atoms with Crippen LogP contribution in [0.5, 0.6) is 0 Å². The quantitative estimate of drug-likeness (QED) is 0.423. The number of aromatic nitrogens is 2. The van der Waals surface area contributed by atoms with Crippen LogP contribution in [0.25, 0.3) is 10.2 Å². The number of amides is 2. The van der Waals surface area contributed by atoms with Gasteiger partial charge in [0, 0.05) is 49.7 Å². The van der Waals surface area contributed by atoms with E-state index in [2.05, 4.69) is 33.5 Å². The first-order chi connectivity index (χ1) is 18.6. The van der Waals surface area contributed by atoms with Crippen LogP contribution in [0, 0.1) is 6.92 Å². The molecule has 2 bridgehead atoms. The third kappa shape index (κ3) is 4.97. The fraction of sp³-hybridized carbons (Fsp3) is 0.533. The number of hydrogen-bond acceptors (Lipinski definition) is 7. The lowest BCUT2D eigenvalue weighted by atomic mass is 9.90. The van der Waals surface area contributed by atoms with Crippen LogP contribution >= 0.6 is 11.3 Å². The topological polar surface area (TPSA) is 78.9 Å². The van der Waals surface area contributed by atoms with E-state index < -0.39 is 5.60 Å². The number of nitrogens with zero attached hydrogens (tertiary/aromatic N) is 5. The molecule has 39 heavy (non-hydrogen) atoms. The molecule has 5 heterocycles. The zero-order valence-corrected chi connectivity index (χ0v) is 24.2. The Kier molecular flexibility index (Phi) is 6.52. The number of rotatable bonds is 4. The molecule has 0 aliphatic carbocycles. The SMILES string of the molecule is Cc1nc(N2CC(c3ccc(C(=O)N(C)C4CC5CCC(C4)N5C(=O)OC(C)(C)C)cc3)C2)c2ccsc2n1. The second kappa shape index (κ2) is 9.77. The van der Waals surface area contributed by atoms with Crippen molar-refractivity contribution in [3.63, 3.8) is 0 Å². The first kappa shape index (κ1) is 26.0. The third-order valence-corrected chi connectivity index (χ3v) is 9.21. The molecule has 2 atom stereocenters. The molecule has 8 nitrogen and oxygen atoms in total. The van der Waals surface area contributed by atoms with Crippen LogP contribution in [0.15, 0.2) is 35.7 Å². The van der Waals surface area contributed by atoms with Gasteiger partial charge in [0.05, 0.1) is 5.39 Å². The predicted molar refractivity (Wildman–Crippen MR) is 154 cm³/mol. The van der Waals surface area contributed by atoms with Crippen molar-refractivity contribution in [1.82, 2.24) is 19.8 Å². The summed E-state index contributed by atoms with van der Waals surface area (Å²) >= 11 is 1.65. The molecular weight excluding hydrogens is 510 g/mol. The summed E-state index contributed by atoms with van der Waals surface area (Å²) in [7, 11) is 1.90. The molecule has 2 aromatic heterocycles. The van der Waals surface area contributed by atoms with Crippen molar-refractivity contribution >= 4 is 39.4 Å². The monoisotopic (exact) mass is 547 g/mol. The smallest absolute Gasteiger partial charge is 0.410 e. The van der Waals surface area contributed by atoms with Crippen LogP contribution in [-0.4, -0.2) is 75.6 Å². The summed E-state index contributed by atoms with van der Waals surface area (Å²) in [5, 5.41) is 3.19. The van der Waals surface area contributed by atoms with Crippen molar-refractivity contribution in [2.75, 3.05) is 25.0 Å². The van der Waals surface area contributed by atoms with Crippen molar-refractivity contribution in [3.8, 4) is 0 Å². The number of carbonyl (C=O) groups is 2. The Morgan fingerprint density at radius 2 is 1.69 bits per heavy atom. The normalized spacial score (nSPS) is 23.2. The molecule has 206 valence electrons. The predicted octanol–water partition coefficient (Wildman–Crippen LogP) is 5.61. The van der Waals surface area contributed by atoms with E-state index >= 15 is 0 Å². The molecule has 0 radical (unpaired) electrons. The number of carbonyl (C=O) groups excluding carboxylic acids is 2. The Morgan fingerprint density at radius 3 is 2.33 bits per heavy atom. The van der Waals surface area contributed by atoms with Crippen LogP contribution in [0.4, 0.5) is 10.6 Å². The minimum Gasteiger partial charge on any atom is -0.444 e. The van der Waals surface area contributed by atoms with E-state index in [9.17, 15) is 9.59 Å². The van der Waals surface area contributed by atoms with Crippen molar-refractivity contribution < 1.29 is 14.3 Å². The number of aryl methyl sites for hydroxylation is 1.